The summed E-state index contributed by atoms with van der Waals surface area (Å²) in [5.74, 6) is 0.342. The van der Waals surface area contributed by atoms with Gasteiger partial charge < -0.3 is 9.88 Å². The Balaban J connectivity index is 1.62. The Bertz CT molecular complexity index is 1160. The third-order valence-electron chi connectivity index (χ3n) is 5.82. The molecule has 8 heteroatoms. The maximum absolute atomic E-state index is 13.2. The van der Waals surface area contributed by atoms with Crippen LogP contribution in [-0.2, 0) is 10.0 Å². The van der Waals surface area contributed by atoms with Crippen molar-refractivity contribution in [3.05, 3.63) is 54.4 Å². The molecule has 1 fully saturated rings. The molecule has 150 valence electrons. The first kappa shape index (κ1) is 19.4. The van der Waals surface area contributed by atoms with Crippen molar-refractivity contribution in [1.29, 1.82) is 5.26 Å². The van der Waals surface area contributed by atoms with Crippen molar-refractivity contribution >= 4 is 26.7 Å². The Kier molecular flexibility index (Phi) is 5.03. The van der Waals surface area contributed by atoms with Crippen LogP contribution in [0.1, 0.15) is 18.9 Å². The summed E-state index contributed by atoms with van der Waals surface area (Å²) < 4.78 is 27.9. The highest BCUT2D eigenvalue weighted by molar-refractivity contribution is 7.89. The van der Waals surface area contributed by atoms with Crippen LogP contribution < -0.4 is 4.90 Å². The third-order valence-corrected chi connectivity index (χ3v) is 7.70. The number of hydrogen-bond donors (Lipinski definition) is 1. The summed E-state index contributed by atoms with van der Waals surface area (Å²) in [5, 5.41) is 9.97. The number of piperidine rings is 1. The molecule has 1 saturated heterocycles. The van der Waals surface area contributed by atoms with Crippen LogP contribution >= 0.6 is 0 Å². The number of likely N-dealkylation sites (N-methyl/N-ethyl adjacent to an activating group) is 1. The van der Waals surface area contributed by atoms with E-state index in [4.69, 9.17) is 5.26 Å². The summed E-state index contributed by atoms with van der Waals surface area (Å²) in [7, 11) is -1.60. The lowest BCUT2D eigenvalue weighted by molar-refractivity contribution is 0.248. The van der Waals surface area contributed by atoms with Gasteiger partial charge >= 0.3 is 0 Å². The van der Waals surface area contributed by atoms with Crippen LogP contribution in [-0.4, -0.2) is 48.9 Å². The summed E-state index contributed by atoms with van der Waals surface area (Å²) in [6, 6.07) is 12.1. The van der Waals surface area contributed by atoms with E-state index in [2.05, 4.69) is 21.8 Å². The number of nitrogens with zero attached hydrogens (tertiary/aromatic N) is 4. The number of nitrogens with one attached hydrogen (secondary N) is 1. The number of nitriles is 1. The van der Waals surface area contributed by atoms with Gasteiger partial charge in [-0.2, -0.15) is 9.57 Å². The summed E-state index contributed by atoms with van der Waals surface area (Å²) in [4.78, 5) is 9.87. The molecule has 4 rings (SSSR count). The van der Waals surface area contributed by atoms with Gasteiger partial charge in [-0.15, -0.1) is 0 Å². The van der Waals surface area contributed by atoms with Crippen LogP contribution in [0.25, 0.3) is 11.0 Å². The first-order valence-electron chi connectivity index (χ1n) is 9.57. The largest absolute Gasteiger partial charge is 0.369 e. The van der Waals surface area contributed by atoms with Crippen LogP contribution in [0, 0.1) is 17.2 Å². The number of H-pyrrole nitrogens is 1. The summed E-state index contributed by atoms with van der Waals surface area (Å²) >= 11 is 0. The Morgan fingerprint density at radius 3 is 2.72 bits per heavy atom. The second-order valence-electron chi connectivity index (χ2n) is 7.51. The maximum atomic E-state index is 13.2. The number of benzene rings is 1. The molecule has 0 saturated carbocycles. The van der Waals surface area contributed by atoms with Crippen LogP contribution in [0.15, 0.2) is 53.7 Å². The number of anilines is 1. The fourth-order valence-corrected chi connectivity index (χ4v) is 5.50. The lowest BCUT2D eigenvalue weighted by Gasteiger charge is -2.42. The first-order valence-corrected chi connectivity index (χ1v) is 11.0. The smallest absolute Gasteiger partial charge is 0.243 e. The molecule has 2 atom stereocenters. The first-order chi connectivity index (χ1) is 13.9. The Morgan fingerprint density at radius 2 is 2.00 bits per heavy atom. The number of aromatic nitrogens is 2. The molecule has 0 spiro atoms. The molecule has 0 radical (unpaired) electrons. The summed E-state index contributed by atoms with van der Waals surface area (Å²) in [6.45, 7) is 3.07. The van der Waals surface area contributed by atoms with Gasteiger partial charge in [0.2, 0.25) is 10.0 Å². The van der Waals surface area contributed by atoms with E-state index in [0.29, 0.717) is 24.6 Å². The number of rotatable bonds is 4. The third kappa shape index (κ3) is 3.48. The van der Waals surface area contributed by atoms with E-state index in [1.54, 1.807) is 22.6 Å². The minimum Gasteiger partial charge on any atom is -0.369 e. The van der Waals surface area contributed by atoms with E-state index in [0.717, 1.165) is 23.1 Å². The standard InChI is InChI=1S/C21H23N5O2S/c1-15-9-12-26(29(27,28)17-5-3-16(13-22)4-6-17)14-20(15)25(2)19-8-11-24-21-18(19)7-10-23-21/h3-8,10-11,15,20H,9,12,14H2,1-2H3,(H,23,24)/t15-,20?/m1/s1. The SMILES string of the molecule is C[C@@H]1CCN(S(=O)(=O)c2ccc(C#N)cc2)CC1N(C)c1ccnc2[nH]ccc12. The lowest BCUT2D eigenvalue weighted by atomic mass is 9.93. The van der Waals surface area contributed by atoms with Crippen molar-refractivity contribution in [3.63, 3.8) is 0 Å². The van der Waals surface area contributed by atoms with Crippen molar-refractivity contribution in [2.75, 3.05) is 25.0 Å². The molecule has 3 heterocycles. The molecule has 2 aromatic heterocycles. The Morgan fingerprint density at radius 1 is 1.24 bits per heavy atom. The molecule has 29 heavy (non-hydrogen) atoms. The Hall–Kier alpha value is -2.89. The molecule has 1 aromatic carbocycles. The number of pyridine rings is 1. The number of fused-ring (bicyclic) bond motifs is 1. The normalized spacial score (nSPS) is 20.4. The fraction of sp³-hybridized carbons (Fsp3) is 0.333. The minimum absolute atomic E-state index is 0.0393. The van der Waals surface area contributed by atoms with E-state index in [-0.39, 0.29) is 10.9 Å². The van der Waals surface area contributed by atoms with Gasteiger partial charge in [0.05, 0.1) is 16.5 Å². The van der Waals surface area contributed by atoms with E-state index in [1.165, 1.54) is 12.1 Å². The van der Waals surface area contributed by atoms with Gasteiger partial charge in [-0.25, -0.2) is 13.4 Å². The quantitative estimate of drug-likeness (QED) is 0.715. The van der Waals surface area contributed by atoms with Crippen LogP contribution in [0.3, 0.4) is 0 Å². The molecule has 0 bridgehead atoms. The molecule has 1 aliphatic rings. The van der Waals surface area contributed by atoms with E-state index < -0.39 is 10.0 Å². The molecule has 7 nitrogen and oxygen atoms in total. The lowest BCUT2D eigenvalue weighted by Crippen LogP contribution is -2.52. The fourth-order valence-electron chi connectivity index (χ4n) is 4.03. The molecule has 1 aliphatic heterocycles. The molecule has 3 aromatic rings. The van der Waals surface area contributed by atoms with Crippen LogP contribution in [0.2, 0.25) is 0 Å². The maximum Gasteiger partial charge on any atom is 0.243 e. The zero-order valence-corrected chi connectivity index (χ0v) is 17.2. The average Bonchev–Trinajstić information content (AvgIpc) is 3.22. The van der Waals surface area contributed by atoms with Crippen molar-refractivity contribution in [2.45, 2.75) is 24.3 Å². The minimum atomic E-state index is -3.61. The van der Waals surface area contributed by atoms with Crippen molar-refractivity contribution < 1.29 is 8.42 Å². The summed E-state index contributed by atoms with van der Waals surface area (Å²) in [5.41, 5.74) is 2.30. The van der Waals surface area contributed by atoms with Gasteiger partial charge in [0.15, 0.2) is 0 Å². The highest BCUT2D eigenvalue weighted by Gasteiger charge is 2.36. The Labute approximate surface area is 170 Å². The van der Waals surface area contributed by atoms with Gasteiger partial charge in [-0.1, -0.05) is 6.92 Å². The second kappa shape index (κ2) is 7.50. The number of sulfonamides is 1. The molecule has 1 unspecified atom stereocenters. The average molecular weight is 410 g/mol. The van der Waals surface area contributed by atoms with E-state index in [1.807, 2.05) is 31.4 Å². The predicted molar refractivity (Wildman–Crippen MR) is 112 cm³/mol. The number of hydrogen-bond acceptors (Lipinski definition) is 5. The molecule has 1 N–H and O–H groups in total. The van der Waals surface area contributed by atoms with Gasteiger partial charge in [0.25, 0.3) is 0 Å². The highest BCUT2D eigenvalue weighted by atomic mass is 32.2. The monoisotopic (exact) mass is 409 g/mol. The van der Waals surface area contributed by atoms with Crippen LogP contribution in [0.4, 0.5) is 5.69 Å². The van der Waals surface area contributed by atoms with Crippen molar-refractivity contribution in [2.24, 2.45) is 5.92 Å². The molecular weight excluding hydrogens is 386 g/mol. The van der Waals surface area contributed by atoms with Gasteiger partial charge in [0, 0.05) is 49.6 Å². The highest BCUT2D eigenvalue weighted by Crippen LogP contribution is 2.32. The zero-order chi connectivity index (χ0) is 20.6. The van der Waals surface area contributed by atoms with Crippen LogP contribution in [0.5, 0.6) is 0 Å². The van der Waals surface area contributed by atoms with Crippen molar-refractivity contribution in [3.8, 4) is 6.07 Å². The van der Waals surface area contributed by atoms with E-state index >= 15 is 0 Å². The zero-order valence-electron chi connectivity index (χ0n) is 16.4. The van der Waals surface area contributed by atoms with E-state index in [9.17, 15) is 8.42 Å². The van der Waals surface area contributed by atoms with Gasteiger partial charge in [-0.05, 0) is 48.7 Å². The molecule has 0 aliphatic carbocycles. The second-order valence-corrected chi connectivity index (χ2v) is 9.45. The molecular formula is C21H23N5O2S. The van der Waals surface area contributed by atoms with Gasteiger partial charge in [-0.3, -0.25) is 0 Å². The predicted octanol–water partition coefficient (Wildman–Crippen LogP) is 2.97. The topological polar surface area (TPSA) is 93.1 Å². The van der Waals surface area contributed by atoms with Gasteiger partial charge in [0.1, 0.15) is 5.65 Å². The number of aromatic amines is 1. The summed E-state index contributed by atoms with van der Waals surface area (Å²) in [6.07, 6.45) is 4.41. The molecule has 0 amide bonds. The van der Waals surface area contributed by atoms with Crippen molar-refractivity contribution in [1.82, 2.24) is 14.3 Å².